The summed E-state index contributed by atoms with van der Waals surface area (Å²) in [6.07, 6.45) is 3.68. The number of benzene rings is 1. The lowest BCUT2D eigenvalue weighted by molar-refractivity contribution is -0.109. The van der Waals surface area contributed by atoms with E-state index < -0.39 is 0 Å². The Kier molecular flexibility index (Phi) is 5.49. The molecule has 3 nitrogen and oxygen atoms in total. The SMILES string of the molecule is COC(=O)c1ccccc1C=CCSC(C)=O. The molecule has 90 valence electrons. The van der Waals surface area contributed by atoms with E-state index in [0.29, 0.717) is 11.3 Å². The van der Waals surface area contributed by atoms with Crippen molar-refractivity contribution in [2.45, 2.75) is 6.92 Å². The van der Waals surface area contributed by atoms with Crippen molar-refractivity contribution in [2.24, 2.45) is 0 Å². The van der Waals surface area contributed by atoms with Crippen LogP contribution >= 0.6 is 11.8 Å². The topological polar surface area (TPSA) is 43.4 Å². The van der Waals surface area contributed by atoms with E-state index in [1.54, 1.807) is 12.1 Å². The van der Waals surface area contributed by atoms with Gasteiger partial charge in [-0.15, -0.1) is 0 Å². The van der Waals surface area contributed by atoms with Gasteiger partial charge in [-0.1, -0.05) is 42.1 Å². The molecule has 17 heavy (non-hydrogen) atoms. The Morgan fingerprint density at radius 1 is 1.35 bits per heavy atom. The van der Waals surface area contributed by atoms with Crippen molar-refractivity contribution in [1.29, 1.82) is 0 Å². The predicted octanol–water partition coefficient (Wildman–Crippen LogP) is 2.77. The molecule has 1 aromatic rings. The maximum Gasteiger partial charge on any atom is 0.338 e. The smallest absolute Gasteiger partial charge is 0.338 e. The van der Waals surface area contributed by atoms with E-state index >= 15 is 0 Å². The summed E-state index contributed by atoms with van der Waals surface area (Å²) in [6, 6.07) is 7.18. The summed E-state index contributed by atoms with van der Waals surface area (Å²) in [5.41, 5.74) is 1.32. The summed E-state index contributed by atoms with van der Waals surface area (Å²) < 4.78 is 4.69. The van der Waals surface area contributed by atoms with Gasteiger partial charge >= 0.3 is 5.97 Å². The van der Waals surface area contributed by atoms with E-state index in [1.807, 2.05) is 24.3 Å². The summed E-state index contributed by atoms with van der Waals surface area (Å²) in [7, 11) is 1.36. The lowest BCUT2D eigenvalue weighted by atomic mass is 10.1. The Bertz CT molecular complexity index is 438. The first-order chi connectivity index (χ1) is 8.15. The minimum Gasteiger partial charge on any atom is -0.465 e. The van der Waals surface area contributed by atoms with Gasteiger partial charge < -0.3 is 4.74 Å². The van der Waals surface area contributed by atoms with Crippen molar-refractivity contribution >= 4 is 28.9 Å². The third-order valence-electron chi connectivity index (χ3n) is 2.05. The van der Waals surface area contributed by atoms with Crippen molar-refractivity contribution in [3.8, 4) is 0 Å². The summed E-state index contributed by atoms with van der Waals surface area (Å²) in [6.45, 7) is 1.53. The van der Waals surface area contributed by atoms with Crippen LogP contribution in [-0.2, 0) is 9.53 Å². The molecule has 1 rings (SSSR count). The third kappa shape index (κ3) is 4.44. The van der Waals surface area contributed by atoms with Gasteiger partial charge in [0, 0.05) is 12.7 Å². The fourth-order valence-electron chi connectivity index (χ4n) is 1.28. The Morgan fingerprint density at radius 2 is 2.06 bits per heavy atom. The number of carbonyl (C=O) groups is 2. The fourth-order valence-corrected chi connectivity index (χ4v) is 1.71. The van der Waals surface area contributed by atoms with Gasteiger partial charge in [-0.25, -0.2) is 4.79 Å². The average Bonchev–Trinajstić information content (AvgIpc) is 2.34. The van der Waals surface area contributed by atoms with Crippen LogP contribution in [0.25, 0.3) is 6.08 Å². The number of rotatable bonds is 4. The van der Waals surface area contributed by atoms with Crippen molar-refractivity contribution in [2.75, 3.05) is 12.9 Å². The van der Waals surface area contributed by atoms with Gasteiger partial charge in [0.15, 0.2) is 5.12 Å². The number of methoxy groups -OCH3 is 1. The monoisotopic (exact) mass is 250 g/mol. The van der Waals surface area contributed by atoms with Crippen molar-refractivity contribution in [3.05, 3.63) is 41.5 Å². The first kappa shape index (κ1) is 13.5. The molecule has 0 aliphatic rings. The van der Waals surface area contributed by atoms with E-state index in [2.05, 4.69) is 4.74 Å². The molecule has 0 bridgehead atoms. The number of thioether (sulfide) groups is 1. The zero-order valence-corrected chi connectivity index (χ0v) is 10.6. The van der Waals surface area contributed by atoms with Crippen LogP contribution in [0, 0.1) is 0 Å². The normalized spacial score (nSPS) is 10.5. The highest BCUT2D eigenvalue weighted by Gasteiger charge is 2.08. The third-order valence-corrected chi connectivity index (χ3v) is 2.81. The molecule has 0 unspecified atom stereocenters. The van der Waals surface area contributed by atoms with Crippen molar-refractivity contribution in [3.63, 3.8) is 0 Å². The predicted molar refractivity (Wildman–Crippen MR) is 70.0 cm³/mol. The molecular weight excluding hydrogens is 236 g/mol. The van der Waals surface area contributed by atoms with Gasteiger partial charge in [0.2, 0.25) is 0 Å². The highest BCUT2D eigenvalue weighted by molar-refractivity contribution is 8.13. The highest BCUT2D eigenvalue weighted by Crippen LogP contribution is 2.12. The van der Waals surface area contributed by atoms with Gasteiger partial charge in [-0.05, 0) is 11.6 Å². The molecule has 0 heterocycles. The Balaban J connectivity index is 2.76. The molecule has 0 spiro atoms. The van der Waals surface area contributed by atoms with Crippen LogP contribution in [0.2, 0.25) is 0 Å². The second-order valence-electron chi connectivity index (χ2n) is 3.28. The lowest BCUT2D eigenvalue weighted by Gasteiger charge is -2.02. The minimum atomic E-state index is -0.357. The standard InChI is InChI=1S/C13H14O3S/c1-10(14)17-9-5-7-11-6-3-4-8-12(11)13(15)16-2/h3-8H,9H2,1-2H3. The van der Waals surface area contributed by atoms with Gasteiger partial charge in [0.1, 0.15) is 0 Å². The van der Waals surface area contributed by atoms with Crippen LogP contribution < -0.4 is 0 Å². The number of ether oxygens (including phenoxy) is 1. The van der Waals surface area contributed by atoms with Gasteiger partial charge in [-0.2, -0.15) is 0 Å². The summed E-state index contributed by atoms with van der Waals surface area (Å²) in [5.74, 6) is 0.245. The molecular formula is C13H14O3S. The van der Waals surface area contributed by atoms with Crippen molar-refractivity contribution in [1.82, 2.24) is 0 Å². The second-order valence-corrected chi connectivity index (χ2v) is 4.48. The van der Waals surface area contributed by atoms with Crippen LogP contribution in [0.1, 0.15) is 22.8 Å². The minimum absolute atomic E-state index is 0.0795. The van der Waals surface area contributed by atoms with E-state index in [-0.39, 0.29) is 11.1 Å². The first-order valence-electron chi connectivity index (χ1n) is 5.12. The molecule has 0 amide bonds. The molecule has 1 aromatic carbocycles. The highest BCUT2D eigenvalue weighted by atomic mass is 32.2. The van der Waals surface area contributed by atoms with Crippen LogP contribution in [-0.4, -0.2) is 23.9 Å². The molecule has 0 atom stereocenters. The maximum absolute atomic E-state index is 11.5. The number of hydrogen-bond acceptors (Lipinski definition) is 4. The molecule has 0 aliphatic heterocycles. The molecule has 0 aliphatic carbocycles. The molecule has 0 fully saturated rings. The van der Waals surface area contributed by atoms with Crippen LogP contribution in [0.5, 0.6) is 0 Å². The lowest BCUT2D eigenvalue weighted by Crippen LogP contribution is -2.03. The Labute approximate surface area is 105 Å². The van der Waals surface area contributed by atoms with Crippen molar-refractivity contribution < 1.29 is 14.3 Å². The van der Waals surface area contributed by atoms with E-state index in [1.165, 1.54) is 25.8 Å². The second kappa shape index (κ2) is 6.91. The fraction of sp³-hybridized carbons (Fsp3) is 0.231. The first-order valence-corrected chi connectivity index (χ1v) is 6.11. The zero-order valence-electron chi connectivity index (χ0n) is 9.80. The van der Waals surface area contributed by atoms with Crippen LogP contribution in [0.3, 0.4) is 0 Å². The van der Waals surface area contributed by atoms with Crippen LogP contribution in [0.4, 0.5) is 0 Å². The number of hydrogen-bond donors (Lipinski definition) is 0. The Hall–Kier alpha value is -1.55. The Morgan fingerprint density at radius 3 is 2.71 bits per heavy atom. The molecule has 0 saturated heterocycles. The number of carbonyl (C=O) groups excluding carboxylic acids is 2. The van der Waals surface area contributed by atoms with Gasteiger partial charge in [0.25, 0.3) is 0 Å². The molecule has 0 saturated carbocycles. The largest absolute Gasteiger partial charge is 0.465 e. The summed E-state index contributed by atoms with van der Waals surface area (Å²) in [4.78, 5) is 22.2. The van der Waals surface area contributed by atoms with Gasteiger partial charge in [-0.3, -0.25) is 4.79 Å². The quantitative estimate of drug-likeness (QED) is 0.771. The average molecular weight is 250 g/mol. The van der Waals surface area contributed by atoms with E-state index in [9.17, 15) is 9.59 Å². The summed E-state index contributed by atoms with van der Waals surface area (Å²) >= 11 is 1.23. The zero-order chi connectivity index (χ0) is 12.7. The number of esters is 1. The molecule has 4 heteroatoms. The van der Waals surface area contributed by atoms with Gasteiger partial charge in [0.05, 0.1) is 12.7 Å². The molecule has 0 aromatic heterocycles. The molecule has 0 N–H and O–H groups in total. The van der Waals surface area contributed by atoms with Crippen LogP contribution in [0.15, 0.2) is 30.3 Å². The van der Waals surface area contributed by atoms with E-state index in [4.69, 9.17) is 0 Å². The maximum atomic E-state index is 11.5. The molecule has 0 radical (unpaired) electrons. The van der Waals surface area contributed by atoms with E-state index in [0.717, 1.165) is 5.56 Å². The summed E-state index contributed by atoms with van der Waals surface area (Å²) in [5, 5.41) is 0.0795.